The van der Waals surface area contributed by atoms with Gasteiger partial charge in [0.05, 0.1) is 4.92 Å². The summed E-state index contributed by atoms with van der Waals surface area (Å²) in [6.07, 6.45) is -3.05. The number of piperazine rings is 1. The lowest BCUT2D eigenvalue weighted by molar-refractivity contribution is -0.388. The maximum atomic E-state index is 13.4. The van der Waals surface area contributed by atoms with Crippen molar-refractivity contribution in [3.63, 3.8) is 0 Å². The molecule has 0 radical (unpaired) electrons. The van der Waals surface area contributed by atoms with E-state index in [1.165, 1.54) is 6.07 Å². The van der Waals surface area contributed by atoms with Gasteiger partial charge in [-0.1, -0.05) is 17.7 Å². The van der Waals surface area contributed by atoms with Crippen LogP contribution in [-0.2, 0) is 11.0 Å². The molecule has 2 aromatic rings. The standard InChI is InChI=1S/C26H31ClF3N5O3/c27-20-4-1-5-21(18-20)33-14-12-31(13-15-33)9-2-6-25(36)34-11-3-10-32(16-17-34)22-7-8-24(35(37)38)23(19-22)26(28,29)30/h1,4-5,7-8,18-19H,2-3,6,9-17H2. The molecular weight excluding hydrogens is 523 g/mol. The van der Waals surface area contributed by atoms with Crippen LogP contribution in [0.4, 0.5) is 30.2 Å². The third-order valence-corrected chi connectivity index (χ3v) is 7.34. The van der Waals surface area contributed by atoms with Crippen molar-refractivity contribution in [2.45, 2.75) is 25.4 Å². The molecule has 2 saturated heterocycles. The second-order valence-corrected chi connectivity index (χ2v) is 10.0. The zero-order valence-corrected chi connectivity index (χ0v) is 21.8. The summed E-state index contributed by atoms with van der Waals surface area (Å²) in [7, 11) is 0. The van der Waals surface area contributed by atoms with Crippen LogP contribution < -0.4 is 9.80 Å². The summed E-state index contributed by atoms with van der Waals surface area (Å²) in [5.74, 6) is 0.0455. The average Bonchev–Trinajstić information content (AvgIpc) is 3.15. The first kappa shape index (κ1) is 28.0. The Balaban J connectivity index is 1.24. The minimum atomic E-state index is -4.83. The third-order valence-electron chi connectivity index (χ3n) is 7.11. The second kappa shape index (κ2) is 12.2. The molecule has 8 nitrogen and oxygen atoms in total. The molecule has 0 N–H and O–H groups in total. The molecule has 2 aliphatic heterocycles. The number of hydrogen-bond donors (Lipinski definition) is 0. The van der Waals surface area contributed by atoms with Gasteiger partial charge in [-0.15, -0.1) is 0 Å². The summed E-state index contributed by atoms with van der Waals surface area (Å²) in [6.45, 7) is 6.22. The van der Waals surface area contributed by atoms with Crippen LogP contribution in [0.3, 0.4) is 0 Å². The number of benzene rings is 2. The lowest BCUT2D eigenvalue weighted by atomic mass is 10.1. The van der Waals surface area contributed by atoms with E-state index in [2.05, 4.69) is 15.9 Å². The van der Waals surface area contributed by atoms with Crippen LogP contribution in [-0.4, -0.2) is 79.5 Å². The zero-order chi connectivity index (χ0) is 27.3. The van der Waals surface area contributed by atoms with Gasteiger partial charge in [0.2, 0.25) is 5.91 Å². The lowest BCUT2D eigenvalue weighted by Gasteiger charge is -2.36. The number of carbonyl (C=O) groups is 1. The number of carbonyl (C=O) groups excluding carboxylic acids is 1. The number of hydrogen-bond acceptors (Lipinski definition) is 6. The Labute approximate surface area is 224 Å². The first-order valence-corrected chi connectivity index (χ1v) is 13.1. The van der Waals surface area contributed by atoms with Crippen molar-refractivity contribution in [3.8, 4) is 0 Å². The number of halogens is 4. The Kier molecular flexibility index (Phi) is 8.99. The summed E-state index contributed by atoms with van der Waals surface area (Å²) in [5.41, 5.74) is -0.829. The van der Waals surface area contributed by atoms with Crippen molar-refractivity contribution in [3.05, 3.63) is 63.2 Å². The van der Waals surface area contributed by atoms with Gasteiger partial charge in [-0.05, 0) is 49.7 Å². The summed E-state index contributed by atoms with van der Waals surface area (Å²) in [5, 5.41) is 11.8. The van der Waals surface area contributed by atoms with Crippen molar-refractivity contribution in [2.75, 3.05) is 68.7 Å². The lowest BCUT2D eigenvalue weighted by Crippen LogP contribution is -2.46. The molecule has 12 heteroatoms. The van der Waals surface area contributed by atoms with E-state index in [0.29, 0.717) is 39.0 Å². The van der Waals surface area contributed by atoms with E-state index in [9.17, 15) is 28.1 Å². The number of alkyl halides is 3. The Morgan fingerprint density at radius 2 is 1.61 bits per heavy atom. The molecule has 2 fully saturated rings. The Morgan fingerprint density at radius 3 is 2.29 bits per heavy atom. The molecule has 0 unspecified atom stereocenters. The molecule has 0 aliphatic carbocycles. The predicted octanol–water partition coefficient (Wildman–Crippen LogP) is 4.91. The van der Waals surface area contributed by atoms with Crippen molar-refractivity contribution in [1.82, 2.24) is 9.80 Å². The highest BCUT2D eigenvalue weighted by molar-refractivity contribution is 6.30. The van der Waals surface area contributed by atoms with E-state index in [1.54, 1.807) is 9.80 Å². The van der Waals surface area contributed by atoms with Gasteiger partial charge in [0.25, 0.3) is 5.69 Å². The van der Waals surface area contributed by atoms with E-state index in [1.807, 2.05) is 18.2 Å². The first-order valence-electron chi connectivity index (χ1n) is 12.7. The Morgan fingerprint density at radius 1 is 0.921 bits per heavy atom. The Bertz CT molecular complexity index is 1140. The molecule has 0 atom stereocenters. The molecule has 0 aromatic heterocycles. The van der Waals surface area contributed by atoms with Gasteiger partial charge in [0.1, 0.15) is 5.56 Å². The van der Waals surface area contributed by atoms with E-state index in [0.717, 1.165) is 62.0 Å². The molecule has 0 bridgehead atoms. The molecule has 2 aromatic carbocycles. The largest absolute Gasteiger partial charge is 0.423 e. The monoisotopic (exact) mass is 553 g/mol. The topological polar surface area (TPSA) is 73.2 Å². The predicted molar refractivity (Wildman–Crippen MR) is 141 cm³/mol. The van der Waals surface area contributed by atoms with Crippen LogP contribution >= 0.6 is 11.6 Å². The first-order chi connectivity index (χ1) is 18.1. The van der Waals surface area contributed by atoms with Crippen molar-refractivity contribution < 1.29 is 22.9 Å². The molecule has 1 amide bonds. The van der Waals surface area contributed by atoms with Crippen LogP contribution in [0.15, 0.2) is 42.5 Å². The minimum absolute atomic E-state index is 0.0455. The molecule has 4 rings (SSSR count). The number of anilines is 2. The van der Waals surface area contributed by atoms with Crippen LogP contribution in [0.5, 0.6) is 0 Å². The van der Waals surface area contributed by atoms with Gasteiger partial charge >= 0.3 is 6.18 Å². The summed E-state index contributed by atoms with van der Waals surface area (Å²) < 4.78 is 40.1. The smallest absolute Gasteiger partial charge is 0.370 e. The Hall–Kier alpha value is -3.05. The zero-order valence-electron chi connectivity index (χ0n) is 21.0. The average molecular weight is 554 g/mol. The molecule has 206 valence electrons. The van der Waals surface area contributed by atoms with Crippen molar-refractivity contribution in [2.24, 2.45) is 0 Å². The quantitative estimate of drug-likeness (QED) is 0.358. The molecular formula is C26H31ClF3N5O3. The molecule has 0 saturated carbocycles. The van der Waals surface area contributed by atoms with E-state index < -0.39 is 22.4 Å². The maximum Gasteiger partial charge on any atom is 0.423 e. The van der Waals surface area contributed by atoms with Gasteiger partial charge in [-0.2, -0.15) is 13.2 Å². The van der Waals surface area contributed by atoms with E-state index >= 15 is 0 Å². The van der Waals surface area contributed by atoms with Gasteiger partial charge < -0.3 is 14.7 Å². The van der Waals surface area contributed by atoms with Crippen molar-refractivity contribution >= 4 is 34.6 Å². The van der Waals surface area contributed by atoms with E-state index in [4.69, 9.17) is 11.6 Å². The SMILES string of the molecule is O=C(CCCN1CCN(c2cccc(Cl)c2)CC1)N1CCCN(c2ccc([N+](=O)[O-])c(C(F)(F)F)c2)CC1. The van der Waals surface area contributed by atoms with Crippen LogP contribution in [0, 0.1) is 10.1 Å². The number of nitrogens with zero attached hydrogens (tertiary/aromatic N) is 5. The number of nitro benzene ring substituents is 1. The van der Waals surface area contributed by atoms with Crippen molar-refractivity contribution in [1.29, 1.82) is 0 Å². The van der Waals surface area contributed by atoms with Crippen LogP contribution in [0.1, 0.15) is 24.8 Å². The van der Waals surface area contributed by atoms with Gasteiger partial charge in [0.15, 0.2) is 0 Å². The fraction of sp³-hybridized carbons (Fsp3) is 0.500. The highest BCUT2D eigenvalue weighted by atomic mass is 35.5. The highest BCUT2D eigenvalue weighted by Crippen LogP contribution is 2.38. The third kappa shape index (κ3) is 7.08. The second-order valence-electron chi connectivity index (χ2n) is 9.59. The molecule has 2 aliphatic rings. The van der Waals surface area contributed by atoms with E-state index in [-0.39, 0.29) is 11.6 Å². The van der Waals surface area contributed by atoms with Gasteiger partial charge in [-0.25, -0.2) is 0 Å². The molecule has 2 heterocycles. The fourth-order valence-electron chi connectivity index (χ4n) is 5.05. The number of nitro groups is 1. The summed E-state index contributed by atoms with van der Waals surface area (Å²) in [6, 6.07) is 10.9. The normalized spacial score (nSPS) is 17.4. The molecule has 0 spiro atoms. The van der Waals surface area contributed by atoms with Crippen LogP contribution in [0.2, 0.25) is 5.02 Å². The molecule has 38 heavy (non-hydrogen) atoms. The van der Waals surface area contributed by atoms with Gasteiger partial charge in [0, 0.05) is 81.2 Å². The minimum Gasteiger partial charge on any atom is -0.370 e. The summed E-state index contributed by atoms with van der Waals surface area (Å²) >= 11 is 6.10. The fourth-order valence-corrected chi connectivity index (χ4v) is 5.23. The number of rotatable bonds is 7. The van der Waals surface area contributed by atoms with Gasteiger partial charge in [-0.3, -0.25) is 19.8 Å². The maximum absolute atomic E-state index is 13.4. The highest BCUT2D eigenvalue weighted by Gasteiger charge is 2.39. The summed E-state index contributed by atoms with van der Waals surface area (Å²) in [4.78, 5) is 31.1. The number of amides is 1. The van der Waals surface area contributed by atoms with Crippen LogP contribution in [0.25, 0.3) is 0 Å².